The maximum atomic E-state index is 12.2. The third-order valence-corrected chi connectivity index (χ3v) is 9.22. The molecule has 6 atom stereocenters. The SMILES string of the molecule is Nc1nc(=O)n(C2OC(COP3(=O)OP(=O)(O)OP(=O)(O)O3)C(O)C2O)cc1CO. The lowest BCUT2D eigenvalue weighted by atomic mass is 10.1. The second-order valence-electron chi connectivity index (χ2n) is 5.97. The Bertz CT molecular complexity index is 1000. The van der Waals surface area contributed by atoms with Crippen LogP contribution in [0.25, 0.3) is 0 Å². The first-order valence-corrected chi connectivity index (χ1v) is 12.3. The summed E-state index contributed by atoms with van der Waals surface area (Å²) in [5.74, 6) is -0.263. The van der Waals surface area contributed by atoms with Crippen molar-refractivity contribution in [2.24, 2.45) is 0 Å². The topological polar surface area (TPSA) is 259 Å². The van der Waals surface area contributed by atoms with E-state index in [-0.39, 0.29) is 11.4 Å². The van der Waals surface area contributed by atoms with Crippen molar-refractivity contribution in [1.29, 1.82) is 0 Å². The number of rotatable bonds is 5. The van der Waals surface area contributed by atoms with Crippen LogP contribution in [0.2, 0.25) is 0 Å². The molecule has 1 aromatic rings. The number of nitrogen functional groups attached to an aromatic ring is 1. The van der Waals surface area contributed by atoms with Crippen molar-refractivity contribution in [2.75, 3.05) is 12.3 Å². The molecule has 20 heteroatoms. The zero-order chi connectivity index (χ0) is 22.5. The fourth-order valence-electron chi connectivity index (χ4n) is 2.56. The van der Waals surface area contributed by atoms with Gasteiger partial charge in [-0.25, -0.2) is 18.5 Å². The molecular weight excluding hydrogens is 479 g/mol. The zero-order valence-electron chi connectivity index (χ0n) is 14.5. The Morgan fingerprint density at radius 1 is 1.13 bits per heavy atom. The van der Waals surface area contributed by atoms with Crippen LogP contribution in [0.15, 0.2) is 11.0 Å². The van der Waals surface area contributed by atoms with Gasteiger partial charge < -0.3 is 35.6 Å². The van der Waals surface area contributed by atoms with Gasteiger partial charge in [0, 0.05) is 11.8 Å². The normalized spacial score (nSPS) is 41.8. The molecule has 0 radical (unpaired) electrons. The number of nitrogens with two attached hydrogens (primary N) is 1. The minimum atomic E-state index is -5.27. The van der Waals surface area contributed by atoms with Crippen molar-refractivity contribution >= 4 is 29.3 Å². The molecule has 0 aromatic carbocycles. The van der Waals surface area contributed by atoms with Crippen molar-refractivity contribution in [2.45, 2.75) is 31.1 Å². The number of hydrogen-bond acceptors (Lipinski definition) is 14. The van der Waals surface area contributed by atoms with Crippen LogP contribution < -0.4 is 11.4 Å². The first-order valence-electron chi connectivity index (χ1n) is 7.80. The van der Waals surface area contributed by atoms with Crippen molar-refractivity contribution in [3.05, 3.63) is 22.2 Å². The number of nitrogens with zero attached hydrogens (tertiary/aromatic N) is 2. The summed E-state index contributed by atoms with van der Waals surface area (Å²) in [6, 6.07) is 0. The quantitative estimate of drug-likeness (QED) is 0.249. The minimum absolute atomic E-state index is 0.0189. The highest BCUT2D eigenvalue weighted by Gasteiger charge is 2.55. The highest BCUT2D eigenvalue weighted by Crippen LogP contribution is 2.80. The van der Waals surface area contributed by atoms with E-state index in [1.165, 1.54) is 0 Å². The molecule has 7 N–H and O–H groups in total. The molecule has 3 rings (SSSR count). The van der Waals surface area contributed by atoms with E-state index >= 15 is 0 Å². The van der Waals surface area contributed by atoms with Crippen molar-refractivity contribution < 1.29 is 61.0 Å². The second-order valence-corrected chi connectivity index (χ2v) is 11.0. The average molecular weight is 495 g/mol. The summed E-state index contributed by atoms with van der Waals surface area (Å²) in [5.41, 5.74) is 4.49. The third-order valence-electron chi connectivity index (χ3n) is 3.85. The molecule has 0 aliphatic carbocycles. The Morgan fingerprint density at radius 2 is 1.73 bits per heavy atom. The molecule has 0 spiro atoms. The molecule has 6 unspecified atom stereocenters. The van der Waals surface area contributed by atoms with Gasteiger partial charge in [0.25, 0.3) is 0 Å². The smallest absolute Gasteiger partial charge is 0.391 e. The predicted molar refractivity (Wildman–Crippen MR) is 91.2 cm³/mol. The van der Waals surface area contributed by atoms with E-state index in [1.54, 1.807) is 0 Å². The molecule has 1 aromatic heterocycles. The highest BCUT2D eigenvalue weighted by atomic mass is 31.3. The maximum Gasteiger partial charge on any atom is 0.492 e. The Hall–Kier alpha value is -1.03. The summed E-state index contributed by atoms with van der Waals surface area (Å²) < 4.78 is 57.5. The lowest BCUT2D eigenvalue weighted by Gasteiger charge is -2.27. The number of phosphoric acid groups is 3. The van der Waals surface area contributed by atoms with Crippen LogP contribution in [-0.2, 0) is 42.5 Å². The van der Waals surface area contributed by atoms with Gasteiger partial charge in [-0.05, 0) is 0 Å². The molecule has 2 saturated heterocycles. The van der Waals surface area contributed by atoms with Gasteiger partial charge >= 0.3 is 29.2 Å². The summed E-state index contributed by atoms with van der Waals surface area (Å²) in [6.45, 7) is -1.55. The van der Waals surface area contributed by atoms with Crippen LogP contribution in [0, 0.1) is 0 Å². The van der Waals surface area contributed by atoms with Gasteiger partial charge in [0.2, 0.25) is 0 Å². The molecule has 3 heterocycles. The number of aliphatic hydroxyl groups excluding tert-OH is 3. The largest absolute Gasteiger partial charge is 0.492 e. The van der Waals surface area contributed by atoms with E-state index < -0.39 is 66.9 Å². The van der Waals surface area contributed by atoms with Crippen molar-refractivity contribution in [3.8, 4) is 0 Å². The Morgan fingerprint density at radius 3 is 2.30 bits per heavy atom. The minimum Gasteiger partial charge on any atom is -0.391 e. The van der Waals surface area contributed by atoms with Crippen molar-refractivity contribution in [3.63, 3.8) is 0 Å². The lowest BCUT2D eigenvalue weighted by Crippen LogP contribution is -2.36. The summed E-state index contributed by atoms with van der Waals surface area (Å²) in [6.07, 6.45) is -5.55. The van der Waals surface area contributed by atoms with E-state index in [2.05, 4.69) is 22.4 Å². The molecule has 170 valence electrons. The van der Waals surface area contributed by atoms with E-state index in [1.807, 2.05) is 0 Å². The molecule has 2 fully saturated rings. The highest BCUT2D eigenvalue weighted by molar-refractivity contribution is 7.74. The number of aliphatic hydroxyl groups is 3. The standard InChI is InChI=1S/C10H16N3O14P3/c11-8-4(2-14)1-13(10(17)12-8)9-7(16)6(15)5(24-9)3-23-30(22)26-28(18,19)25-29(20,21)27-30/h1,5-7,9,14-16H,2-3H2,(H,18,19)(H,20,21)(H2,11,12,17). The Labute approximate surface area is 166 Å². The molecule has 2 aliphatic heterocycles. The molecule has 30 heavy (non-hydrogen) atoms. The first kappa shape index (κ1) is 23.6. The fraction of sp³-hybridized carbons (Fsp3) is 0.600. The number of anilines is 1. The molecule has 0 amide bonds. The summed E-state index contributed by atoms with van der Waals surface area (Å²) in [5, 5.41) is 29.5. The fourth-order valence-corrected chi connectivity index (χ4v) is 7.50. The molecule has 0 saturated carbocycles. The van der Waals surface area contributed by atoms with Gasteiger partial charge in [-0.15, -0.1) is 0 Å². The van der Waals surface area contributed by atoms with Gasteiger partial charge in [0.15, 0.2) is 6.23 Å². The summed E-state index contributed by atoms with van der Waals surface area (Å²) >= 11 is 0. The predicted octanol–water partition coefficient (Wildman–Crippen LogP) is -1.67. The number of aromatic nitrogens is 2. The Kier molecular flexibility index (Phi) is 6.42. The van der Waals surface area contributed by atoms with E-state index in [9.17, 15) is 43.6 Å². The second kappa shape index (κ2) is 8.15. The van der Waals surface area contributed by atoms with Crippen LogP contribution >= 0.6 is 23.5 Å². The average Bonchev–Trinajstić information content (AvgIpc) is 2.85. The molecule has 2 aliphatic rings. The van der Waals surface area contributed by atoms with Gasteiger partial charge in [-0.1, -0.05) is 0 Å². The maximum absolute atomic E-state index is 12.2. The van der Waals surface area contributed by atoms with Gasteiger partial charge in [0.1, 0.15) is 24.1 Å². The van der Waals surface area contributed by atoms with Crippen LogP contribution in [0.3, 0.4) is 0 Å². The summed E-state index contributed by atoms with van der Waals surface area (Å²) in [7, 11) is -15.7. The van der Waals surface area contributed by atoms with Gasteiger partial charge in [-0.3, -0.25) is 9.09 Å². The van der Waals surface area contributed by atoms with E-state index in [0.29, 0.717) is 0 Å². The van der Waals surface area contributed by atoms with Crippen molar-refractivity contribution in [1.82, 2.24) is 9.55 Å². The van der Waals surface area contributed by atoms with Gasteiger partial charge in [-0.2, -0.15) is 17.9 Å². The summed E-state index contributed by atoms with van der Waals surface area (Å²) in [4.78, 5) is 33.8. The number of hydrogen-bond donors (Lipinski definition) is 6. The van der Waals surface area contributed by atoms with Crippen LogP contribution in [-0.4, -0.2) is 59.6 Å². The third kappa shape index (κ3) is 4.89. The van der Waals surface area contributed by atoms with Gasteiger partial charge in [0.05, 0.1) is 13.2 Å². The monoisotopic (exact) mass is 495 g/mol. The molecule has 17 nitrogen and oxygen atoms in total. The van der Waals surface area contributed by atoms with E-state index in [0.717, 1.165) is 10.8 Å². The molecule has 0 bridgehead atoms. The number of ether oxygens (including phenoxy) is 1. The first-order chi connectivity index (χ1) is 13.8. The molecular formula is C10H16N3O14P3. The zero-order valence-corrected chi connectivity index (χ0v) is 17.2. The Balaban J connectivity index is 1.77. The lowest BCUT2D eigenvalue weighted by molar-refractivity contribution is -0.0546. The van der Waals surface area contributed by atoms with Crippen LogP contribution in [0.4, 0.5) is 5.82 Å². The van der Waals surface area contributed by atoms with Crippen LogP contribution in [0.5, 0.6) is 0 Å². The van der Waals surface area contributed by atoms with Crippen LogP contribution in [0.1, 0.15) is 11.8 Å². The van der Waals surface area contributed by atoms with E-state index in [4.69, 9.17) is 10.5 Å².